The van der Waals surface area contributed by atoms with Crippen LogP contribution in [-0.2, 0) is 0 Å². The summed E-state index contributed by atoms with van der Waals surface area (Å²) < 4.78 is 6.86. The average Bonchev–Trinajstić information content (AvgIpc) is 3.10. The Labute approximate surface area is 170 Å². The van der Waals surface area contributed by atoms with Crippen LogP contribution in [0.25, 0.3) is 11.3 Å². The standard InChI is InChI=1S/C18H11Br2N3O4/c19-15-4-2-1-3-14(15)18(24)22-21-10-12-6-8-17(27-12)13-7-5-11(23(25)26)9-16(13)20/h1-10H,(H,22,24)/b21-10-. The predicted molar refractivity (Wildman–Crippen MR) is 108 cm³/mol. The number of nitro groups is 1. The number of amides is 1. The van der Waals surface area contributed by atoms with E-state index >= 15 is 0 Å². The Balaban J connectivity index is 1.71. The van der Waals surface area contributed by atoms with E-state index in [1.165, 1.54) is 18.3 Å². The van der Waals surface area contributed by atoms with Crippen LogP contribution < -0.4 is 5.43 Å². The monoisotopic (exact) mass is 491 g/mol. The van der Waals surface area contributed by atoms with E-state index < -0.39 is 4.92 Å². The first-order chi connectivity index (χ1) is 13.0. The molecule has 0 fully saturated rings. The van der Waals surface area contributed by atoms with Crippen molar-refractivity contribution in [2.75, 3.05) is 0 Å². The highest BCUT2D eigenvalue weighted by Crippen LogP contribution is 2.32. The molecule has 0 aliphatic rings. The number of halogens is 2. The van der Waals surface area contributed by atoms with Crippen molar-refractivity contribution in [2.45, 2.75) is 0 Å². The van der Waals surface area contributed by atoms with E-state index in [2.05, 4.69) is 42.4 Å². The van der Waals surface area contributed by atoms with Crippen LogP contribution in [0.3, 0.4) is 0 Å². The van der Waals surface area contributed by atoms with Crippen molar-refractivity contribution in [1.82, 2.24) is 5.43 Å². The largest absolute Gasteiger partial charge is 0.455 e. The zero-order chi connectivity index (χ0) is 19.4. The van der Waals surface area contributed by atoms with Gasteiger partial charge in [0, 0.05) is 26.6 Å². The van der Waals surface area contributed by atoms with Gasteiger partial charge in [0.05, 0.1) is 16.7 Å². The third-order valence-electron chi connectivity index (χ3n) is 3.53. The van der Waals surface area contributed by atoms with Gasteiger partial charge in [0.2, 0.25) is 0 Å². The number of hydrazone groups is 1. The third-order valence-corrected chi connectivity index (χ3v) is 4.88. The maximum Gasteiger partial charge on any atom is 0.272 e. The van der Waals surface area contributed by atoms with E-state index in [1.54, 1.807) is 36.4 Å². The minimum absolute atomic E-state index is 0.0197. The molecular formula is C18H11Br2N3O4. The molecule has 2 aromatic carbocycles. The Hall–Kier alpha value is -2.78. The quantitative estimate of drug-likeness (QED) is 0.302. The molecule has 27 heavy (non-hydrogen) atoms. The second-order valence-corrected chi connectivity index (χ2v) is 7.01. The molecule has 136 valence electrons. The summed E-state index contributed by atoms with van der Waals surface area (Å²) in [6, 6.07) is 14.8. The maximum atomic E-state index is 12.1. The first kappa shape index (κ1) is 19.0. The number of hydrogen-bond acceptors (Lipinski definition) is 5. The fraction of sp³-hybridized carbons (Fsp3) is 0. The highest BCUT2D eigenvalue weighted by atomic mass is 79.9. The molecule has 0 bridgehead atoms. The molecule has 0 saturated heterocycles. The van der Waals surface area contributed by atoms with Gasteiger partial charge >= 0.3 is 0 Å². The number of furan rings is 1. The highest BCUT2D eigenvalue weighted by molar-refractivity contribution is 9.10. The lowest BCUT2D eigenvalue weighted by molar-refractivity contribution is -0.384. The van der Waals surface area contributed by atoms with E-state index in [9.17, 15) is 14.9 Å². The van der Waals surface area contributed by atoms with Crippen LogP contribution in [0.2, 0.25) is 0 Å². The van der Waals surface area contributed by atoms with Crippen LogP contribution in [0, 0.1) is 10.1 Å². The fourth-order valence-corrected chi connectivity index (χ4v) is 3.27. The smallest absolute Gasteiger partial charge is 0.272 e. The first-order valence-electron chi connectivity index (χ1n) is 7.58. The molecule has 0 atom stereocenters. The molecule has 7 nitrogen and oxygen atoms in total. The lowest BCUT2D eigenvalue weighted by atomic mass is 10.1. The van der Waals surface area contributed by atoms with Gasteiger partial charge in [-0.15, -0.1) is 0 Å². The molecule has 1 aromatic heterocycles. The number of benzene rings is 2. The minimum atomic E-state index is -0.470. The van der Waals surface area contributed by atoms with Crippen LogP contribution in [0.5, 0.6) is 0 Å². The minimum Gasteiger partial charge on any atom is -0.455 e. The second kappa shape index (κ2) is 8.28. The Morgan fingerprint density at radius 1 is 1.11 bits per heavy atom. The molecule has 3 rings (SSSR count). The topological polar surface area (TPSA) is 97.7 Å². The number of hydrogen-bond donors (Lipinski definition) is 1. The summed E-state index contributed by atoms with van der Waals surface area (Å²) in [6.45, 7) is 0. The van der Waals surface area contributed by atoms with Crippen LogP contribution in [0.4, 0.5) is 5.69 Å². The van der Waals surface area contributed by atoms with E-state index in [1.807, 2.05) is 6.07 Å². The lowest BCUT2D eigenvalue weighted by Crippen LogP contribution is -2.17. The number of carbonyl (C=O) groups is 1. The van der Waals surface area contributed by atoms with Crippen LogP contribution in [0.15, 0.2) is 73.1 Å². The van der Waals surface area contributed by atoms with Gasteiger partial charge in [0.1, 0.15) is 11.5 Å². The lowest BCUT2D eigenvalue weighted by Gasteiger charge is -2.01. The summed E-state index contributed by atoms with van der Waals surface area (Å²) >= 11 is 6.61. The van der Waals surface area contributed by atoms with Crippen molar-refractivity contribution in [3.63, 3.8) is 0 Å². The SMILES string of the molecule is O=C(N/N=C\c1ccc(-c2ccc([N+](=O)[O-])cc2Br)o1)c1ccccc1Br. The summed E-state index contributed by atoms with van der Waals surface area (Å²) in [5.74, 6) is 0.571. The number of non-ortho nitro benzene ring substituents is 1. The van der Waals surface area contributed by atoms with E-state index in [0.717, 1.165) is 0 Å². The highest BCUT2D eigenvalue weighted by Gasteiger charge is 2.13. The predicted octanol–water partition coefficient (Wildman–Crippen LogP) is 5.14. The van der Waals surface area contributed by atoms with Gasteiger partial charge in [-0.05, 0) is 62.2 Å². The number of nitrogens with one attached hydrogen (secondary N) is 1. The van der Waals surface area contributed by atoms with Gasteiger partial charge in [0.15, 0.2) is 0 Å². The molecule has 9 heteroatoms. The van der Waals surface area contributed by atoms with Crippen molar-refractivity contribution >= 4 is 49.7 Å². The maximum absolute atomic E-state index is 12.1. The number of nitrogens with zero attached hydrogens (tertiary/aromatic N) is 2. The van der Waals surface area contributed by atoms with Crippen molar-refractivity contribution in [1.29, 1.82) is 0 Å². The summed E-state index contributed by atoms with van der Waals surface area (Å²) in [6.07, 6.45) is 1.37. The Bertz CT molecular complexity index is 1050. The van der Waals surface area contributed by atoms with Gasteiger partial charge < -0.3 is 4.42 Å². The Morgan fingerprint density at radius 2 is 1.89 bits per heavy atom. The molecule has 0 radical (unpaired) electrons. The molecule has 0 saturated carbocycles. The molecule has 1 heterocycles. The zero-order valence-electron chi connectivity index (χ0n) is 13.6. The van der Waals surface area contributed by atoms with Gasteiger partial charge in [0.25, 0.3) is 11.6 Å². The van der Waals surface area contributed by atoms with Gasteiger partial charge in [-0.1, -0.05) is 12.1 Å². The Morgan fingerprint density at radius 3 is 2.59 bits per heavy atom. The van der Waals surface area contributed by atoms with Crippen LogP contribution in [-0.4, -0.2) is 17.0 Å². The Kier molecular flexibility index (Phi) is 5.82. The molecule has 0 unspecified atom stereocenters. The fourth-order valence-electron chi connectivity index (χ4n) is 2.24. The van der Waals surface area contributed by atoms with Crippen molar-refractivity contribution in [3.8, 4) is 11.3 Å². The molecular weight excluding hydrogens is 482 g/mol. The molecule has 3 aromatic rings. The summed E-state index contributed by atoms with van der Waals surface area (Å²) in [5.41, 5.74) is 3.53. The van der Waals surface area contributed by atoms with Gasteiger partial charge in [-0.2, -0.15) is 5.10 Å². The van der Waals surface area contributed by atoms with Gasteiger partial charge in [-0.3, -0.25) is 14.9 Å². The summed E-state index contributed by atoms with van der Waals surface area (Å²) in [4.78, 5) is 22.4. The van der Waals surface area contributed by atoms with E-state index in [4.69, 9.17) is 4.42 Å². The van der Waals surface area contributed by atoms with Crippen LogP contribution >= 0.6 is 31.9 Å². The van der Waals surface area contributed by atoms with Crippen LogP contribution in [0.1, 0.15) is 16.1 Å². The van der Waals surface area contributed by atoms with Crippen molar-refractivity contribution in [3.05, 3.63) is 85.0 Å². The average molecular weight is 493 g/mol. The molecule has 0 aliphatic carbocycles. The summed E-state index contributed by atoms with van der Waals surface area (Å²) in [7, 11) is 0. The summed E-state index contributed by atoms with van der Waals surface area (Å²) in [5, 5.41) is 14.7. The van der Waals surface area contributed by atoms with E-state index in [-0.39, 0.29) is 11.6 Å². The van der Waals surface area contributed by atoms with Gasteiger partial charge in [-0.25, -0.2) is 5.43 Å². The van der Waals surface area contributed by atoms with Crippen molar-refractivity contribution in [2.24, 2.45) is 5.10 Å². The first-order valence-corrected chi connectivity index (χ1v) is 9.16. The number of rotatable bonds is 5. The second-order valence-electron chi connectivity index (χ2n) is 5.30. The normalized spacial score (nSPS) is 10.9. The molecule has 1 amide bonds. The number of carbonyl (C=O) groups excluding carboxylic acids is 1. The third kappa shape index (κ3) is 4.50. The molecule has 0 aliphatic heterocycles. The van der Waals surface area contributed by atoms with E-state index in [0.29, 0.717) is 31.6 Å². The zero-order valence-corrected chi connectivity index (χ0v) is 16.7. The molecule has 0 spiro atoms. The number of nitro benzene ring substituents is 1. The molecule has 1 N–H and O–H groups in total. The van der Waals surface area contributed by atoms with Crippen molar-refractivity contribution < 1.29 is 14.1 Å².